The lowest BCUT2D eigenvalue weighted by Gasteiger charge is -2.32. The molecule has 0 bridgehead atoms. The molecule has 3 nitrogen and oxygen atoms in total. The average Bonchev–Trinajstić information content (AvgIpc) is 2.64. The maximum absolute atomic E-state index is 10.0. The number of aromatic nitrogens is 1. The smallest absolute Gasteiger partial charge is 0.126 e. The van der Waals surface area contributed by atoms with Gasteiger partial charge in [-0.1, -0.05) is 25.5 Å². The Morgan fingerprint density at radius 3 is 3.06 bits per heavy atom. The highest BCUT2D eigenvalue weighted by Gasteiger charge is 2.26. The highest BCUT2D eigenvalue weighted by Crippen LogP contribution is 2.30. The van der Waals surface area contributed by atoms with Crippen molar-refractivity contribution >= 4 is 0 Å². The molecular formula is C14H20N2O. The highest BCUT2D eigenvalue weighted by molar-refractivity contribution is 5.15. The first-order valence-electron chi connectivity index (χ1n) is 6.29. The zero-order valence-corrected chi connectivity index (χ0v) is 10.1. The Morgan fingerprint density at radius 1 is 1.47 bits per heavy atom. The van der Waals surface area contributed by atoms with Crippen molar-refractivity contribution in [3.8, 4) is 0 Å². The van der Waals surface area contributed by atoms with Gasteiger partial charge < -0.3 is 5.11 Å². The van der Waals surface area contributed by atoms with Crippen molar-refractivity contribution in [1.29, 1.82) is 0 Å². The maximum Gasteiger partial charge on any atom is 0.126 e. The van der Waals surface area contributed by atoms with Gasteiger partial charge in [-0.25, -0.2) is 0 Å². The second kappa shape index (κ2) is 5.94. The maximum atomic E-state index is 10.0. The fourth-order valence-electron chi connectivity index (χ4n) is 2.51. The van der Waals surface area contributed by atoms with Crippen molar-refractivity contribution in [3.63, 3.8) is 0 Å². The molecule has 17 heavy (non-hydrogen) atoms. The van der Waals surface area contributed by atoms with Gasteiger partial charge in [-0.2, -0.15) is 0 Å². The lowest BCUT2D eigenvalue weighted by atomic mass is 10.0. The van der Waals surface area contributed by atoms with Crippen LogP contribution in [0.25, 0.3) is 0 Å². The summed E-state index contributed by atoms with van der Waals surface area (Å²) >= 11 is 0. The van der Waals surface area contributed by atoms with Crippen LogP contribution in [-0.2, 0) is 0 Å². The summed E-state index contributed by atoms with van der Waals surface area (Å²) < 4.78 is 0. The van der Waals surface area contributed by atoms with Crippen LogP contribution in [0.3, 0.4) is 0 Å². The van der Waals surface area contributed by atoms with Gasteiger partial charge in [0.25, 0.3) is 0 Å². The van der Waals surface area contributed by atoms with Crippen LogP contribution in [0.1, 0.15) is 37.3 Å². The lowest BCUT2D eigenvalue weighted by molar-refractivity contribution is 0.0101. The molecule has 0 aromatic carbocycles. The topological polar surface area (TPSA) is 36.4 Å². The number of hydrogen-bond acceptors (Lipinski definition) is 3. The first kappa shape index (κ1) is 12.3. The average molecular weight is 232 g/mol. The number of aliphatic hydroxyl groups is 1. The monoisotopic (exact) mass is 232 g/mol. The molecule has 1 aliphatic heterocycles. The quantitative estimate of drug-likeness (QED) is 0.813. The van der Waals surface area contributed by atoms with Gasteiger partial charge in [-0.15, -0.1) is 0 Å². The van der Waals surface area contributed by atoms with E-state index >= 15 is 0 Å². The molecule has 2 rings (SSSR count). The molecule has 0 aliphatic carbocycles. The Hall–Kier alpha value is -1.19. The molecule has 2 atom stereocenters. The first-order valence-corrected chi connectivity index (χ1v) is 6.29. The number of likely N-dealkylation sites (tertiary alicyclic amines) is 1. The van der Waals surface area contributed by atoms with Crippen molar-refractivity contribution in [1.82, 2.24) is 9.88 Å². The first-order chi connectivity index (χ1) is 8.33. The number of pyridine rings is 1. The van der Waals surface area contributed by atoms with E-state index in [0.29, 0.717) is 0 Å². The van der Waals surface area contributed by atoms with E-state index in [1.807, 2.05) is 12.3 Å². The Morgan fingerprint density at radius 2 is 2.35 bits per heavy atom. The van der Waals surface area contributed by atoms with E-state index in [2.05, 4.69) is 22.5 Å². The fourth-order valence-corrected chi connectivity index (χ4v) is 2.51. The van der Waals surface area contributed by atoms with Crippen LogP contribution in [0.15, 0.2) is 37.2 Å². The number of rotatable bonds is 3. The molecule has 0 amide bonds. The number of nitrogens with zero attached hydrogens (tertiary/aromatic N) is 2. The van der Waals surface area contributed by atoms with Gasteiger partial charge in [0.15, 0.2) is 0 Å². The molecule has 3 heteroatoms. The summed E-state index contributed by atoms with van der Waals surface area (Å²) in [5.41, 5.74) is 1.19. The molecule has 2 unspecified atom stereocenters. The van der Waals surface area contributed by atoms with Crippen molar-refractivity contribution < 1.29 is 5.11 Å². The molecule has 1 aromatic heterocycles. The molecular weight excluding hydrogens is 212 g/mol. The minimum Gasteiger partial charge on any atom is -0.375 e. The second-order valence-electron chi connectivity index (χ2n) is 4.54. The largest absolute Gasteiger partial charge is 0.375 e. The van der Waals surface area contributed by atoms with Crippen molar-refractivity contribution in [3.05, 3.63) is 42.7 Å². The molecule has 1 aromatic rings. The van der Waals surface area contributed by atoms with Crippen LogP contribution in [0.5, 0.6) is 0 Å². The van der Waals surface area contributed by atoms with Gasteiger partial charge in [-0.3, -0.25) is 9.88 Å². The molecule has 0 saturated carbocycles. The van der Waals surface area contributed by atoms with Crippen LogP contribution in [0.2, 0.25) is 0 Å². The SMILES string of the molecule is C=CC(O)N1CCCCCC1c1cccnc1. The summed E-state index contributed by atoms with van der Waals surface area (Å²) in [6, 6.07) is 4.31. The summed E-state index contributed by atoms with van der Waals surface area (Å²) in [5.74, 6) is 0. The lowest BCUT2D eigenvalue weighted by Crippen LogP contribution is -2.37. The van der Waals surface area contributed by atoms with Crippen molar-refractivity contribution in [2.45, 2.75) is 38.0 Å². The zero-order valence-electron chi connectivity index (χ0n) is 10.1. The van der Waals surface area contributed by atoms with E-state index in [4.69, 9.17) is 0 Å². The third-order valence-corrected chi connectivity index (χ3v) is 3.41. The number of hydrogen-bond donors (Lipinski definition) is 1. The standard InChI is InChI=1S/C14H20N2O/c1-2-14(17)16-10-5-3-4-8-13(16)12-7-6-9-15-11-12/h2,6-7,9,11,13-14,17H,1,3-5,8,10H2. The van der Waals surface area contributed by atoms with E-state index in [9.17, 15) is 5.11 Å². The predicted octanol–water partition coefficient (Wildman–Crippen LogP) is 2.50. The van der Waals surface area contributed by atoms with Crippen molar-refractivity contribution in [2.75, 3.05) is 6.54 Å². The van der Waals surface area contributed by atoms with Gasteiger partial charge in [0.1, 0.15) is 6.23 Å². The molecule has 1 saturated heterocycles. The zero-order chi connectivity index (χ0) is 12.1. The Bertz CT molecular complexity index is 352. The minimum absolute atomic E-state index is 0.263. The van der Waals surface area contributed by atoms with E-state index in [-0.39, 0.29) is 6.04 Å². The van der Waals surface area contributed by atoms with Crippen LogP contribution in [-0.4, -0.2) is 27.8 Å². The summed E-state index contributed by atoms with van der Waals surface area (Å²) in [7, 11) is 0. The van der Waals surface area contributed by atoms with E-state index in [1.165, 1.54) is 18.4 Å². The highest BCUT2D eigenvalue weighted by atomic mass is 16.3. The third-order valence-electron chi connectivity index (χ3n) is 3.41. The Balaban J connectivity index is 2.23. The number of aliphatic hydroxyl groups excluding tert-OH is 1. The predicted molar refractivity (Wildman–Crippen MR) is 68.4 cm³/mol. The fraction of sp³-hybridized carbons (Fsp3) is 0.500. The molecule has 92 valence electrons. The van der Waals surface area contributed by atoms with E-state index in [0.717, 1.165) is 19.4 Å². The van der Waals surface area contributed by atoms with Crippen molar-refractivity contribution in [2.24, 2.45) is 0 Å². The third kappa shape index (κ3) is 2.93. The van der Waals surface area contributed by atoms with E-state index in [1.54, 1.807) is 12.3 Å². The second-order valence-corrected chi connectivity index (χ2v) is 4.54. The van der Waals surface area contributed by atoms with Gasteiger partial charge in [0.05, 0.1) is 0 Å². The Kier molecular flexibility index (Phi) is 4.29. The van der Waals surface area contributed by atoms with Crippen LogP contribution >= 0.6 is 0 Å². The molecule has 1 fully saturated rings. The van der Waals surface area contributed by atoms with E-state index < -0.39 is 6.23 Å². The van der Waals surface area contributed by atoms with Crippen LogP contribution in [0.4, 0.5) is 0 Å². The van der Waals surface area contributed by atoms with Gasteiger partial charge >= 0.3 is 0 Å². The van der Waals surface area contributed by atoms with Crippen LogP contribution < -0.4 is 0 Å². The normalized spacial score (nSPS) is 23.9. The van der Waals surface area contributed by atoms with Gasteiger partial charge in [0.2, 0.25) is 0 Å². The molecule has 0 spiro atoms. The molecule has 0 radical (unpaired) electrons. The molecule has 2 heterocycles. The minimum atomic E-state index is -0.557. The summed E-state index contributed by atoms with van der Waals surface area (Å²) in [4.78, 5) is 6.30. The van der Waals surface area contributed by atoms with Gasteiger partial charge in [-0.05, 0) is 30.5 Å². The van der Waals surface area contributed by atoms with Gasteiger partial charge in [0, 0.05) is 25.0 Å². The molecule has 1 aliphatic rings. The Labute approximate surface area is 103 Å². The summed E-state index contributed by atoms with van der Waals surface area (Å²) in [5, 5.41) is 10.0. The summed E-state index contributed by atoms with van der Waals surface area (Å²) in [6.45, 7) is 4.61. The summed E-state index contributed by atoms with van der Waals surface area (Å²) in [6.07, 6.45) is 9.40. The molecule has 1 N–H and O–H groups in total. The van der Waals surface area contributed by atoms with Crippen LogP contribution in [0, 0.1) is 0 Å².